The van der Waals surface area contributed by atoms with Crippen LogP contribution in [-0.2, 0) is 0 Å². The molecule has 0 unspecified atom stereocenters. The summed E-state index contributed by atoms with van der Waals surface area (Å²) in [6, 6.07) is 7.68. The first-order valence-corrected chi connectivity index (χ1v) is 8.37. The highest BCUT2D eigenvalue weighted by atomic mass is 32.2. The summed E-state index contributed by atoms with van der Waals surface area (Å²) >= 11 is 4.30. The molecule has 0 saturated heterocycles. The zero-order valence-electron chi connectivity index (χ0n) is 11.2. The zero-order valence-corrected chi connectivity index (χ0v) is 13.7. The van der Waals surface area contributed by atoms with E-state index in [9.17, 15) is 0 Å². The molecule has 0 spiro atoms. The van der Waals surface area contributed by atoms with Gasteiger partial charge in [0.1, 0.15) is 11.6 Å². The molecule has 1 aromatic carbocycles. The van der Waals surface area contributed by atoms with E-state index in [1.165, 1.54) is 34.6 Å². The first-order valence-electron chi connectivity index (χ1n) is 5.96. The molecule has 0 bridgehead atoms. The summed E-state index contributed by atoms with van der Waals surface area (Å²) in [7, 11) is 1.64. The van der Waals surface area contributed by atoms with Crippen molar-refractivity contribution >= 4 is 45.5 Å². The summed E-state index contributed by atoms with van der Waals surface area (Å²) in [6.07, 6.45) is 0. The molecule has 3 rings (SSSR count). The van der Waals surface area contributed by atoms with Crippen molar-refractivity contribution in [3.05, 3.63) is 30.1 Å². The number of anilines is 2. The van der Waals surface area contributed by atoms with E-state index in [1.54, 1.807) is 7.11 Å². The molecule has 2 aromatic heterocycles. The number of hydrogen-bond acceptors (Lipinski definition) is 9. The van der Waals surface area contributed by atoms with Crippen LogP contribution in [0.3, 0.4) is 0 Å². The number of nitrogens with one attached hydrogen (secondary N) is 1. The normalized spacial score (nSPS) is 10.6. The Morgan fingerprint density at radius 1 is 1.19 bits per heavy atom. The minimum absolute atomic E-state index is 0.711. The number of hydrogen-bond donors (Lipinski definition) is 1. The van der Waals surface area contributed by atoms with Crippen LogP contribution in [0.15, 0.2) is 32.9 Å². The molecule has 9 heteroatoms. The number of benzene rings is 1. The van der Waals surface area contributed by atoms with Gasteiger partial charge in [-0.05, 0) is 42.4 Å². The van der Waals surface area contributed by atoms with Gasteiger partial charge in [-0.3, -0.25) is 0 Å². The van der Waals surface area contributed by atoms with Crippen molar-refractivity contribution in [2.24, 2.45) is 0 Å². The second-order valence-electron chi connectivity index (χ2n) is 3.91. The van der Waals surface area contributed by atoms with Gasteiger partial charge in [0.25, 0.3) is 0 Å². The van der Waals surface area contributed by atoms with E-state index in [-0.39, 0.29) is 0 Å². The maximum absolute atomic E-state index is 5.29. The summed E-state index contributed by atoms with van der Waals surface area (Å²) in [5.41, 5.74) is 0.861. The van der Waals surface area contributed by atoms with Crippen LogP contribution in [0.2, 0.25) is 0 Å². The molecule has 0 saturated carbocycles. The summed E-state index contributed by atoms with van der Waals surface area (Å²) in [5.74, 6) is 1.54. The van der Waals surface area contributed by atoms with Crippen molar-refractivity contribution < 1.29 is 4.74 Å². The Kier molecular flexibility index (Phi) is 4.32. The lowest BCUT2D eigenvalue weighted by molar-refractivity contribution is 0.417. The van der Waals surface area contributed by atoms with Gasteiger partial charge in [-0.25, -0.2) is 4.98 Å². The van der Waals surface area contributed by atoms with Crippen LogP contribution in [0.5, 0.6) is 5.75 Å². The van der Waals surface area contributed by atoms with Crippen LogP contribution in [0.4, 0.5) is 10.8 Å². The van der Waals surface area contributed by atoms with Crippen LogP contribution in [0, 0.1) is 6.92 Å². The SMILES string of the molecule is COc1ccccc1Nc1nnc(Sc2nc(C)ns2)s1. The van der Waals surface area contributed by atoms with E-state index in [4.69, 9.17) is 4.74 Å². The van der Waals surface area contributed by atoms with Crippen molar-refractivity contribution in [2.75, 3.05) is 12.4 Å². The van der Waals surface area contributed by atoms with Crippen LogP contribution in [0.1, 0.15) is 5.82 Å². The average Bonchev–Trinajstić information content (AvgIpc) is 3.09. The summed E-state index contributed by atoms with van der Waals surface area (Å²) in [4.78, 5) is 4.30. The van der Waals surface area contributed by atoms with E-state index in [0.717, 1.165) is 25.9 Å². The highest BCUT2D eigenvalue weighted by Crippen LogP contribution is 2.35. The Bertz CT molecular complexity index is 742. The molecule has 0 amide bonds. The van der Waals surface area contributed by atoms with Crippen molar-refractivity contribution in [2.45, 2.75) is 15.6 Å². The van der Waals surface area contributed by atoms with E-state index in [0.29, 0.717) is 5.13 Å². The van der Waals surface area contributed by atoms with E-state index >= 15 is 0 Å². The van der Waals surface area contributed by atoms with E-state index in [1.807, 2.05) is 31.2 Å². The fraction of sp³-hybridized carbons (Fsp3) is 0.167. The summed E-state index contributed by atoms with van der Waals surface area (Å²) in [6.45, 7) is 1.87. The number of aromatic nitrogens is 4. The van der Waals surface area contributed by atoms with Crippen molar-refractivity contribution in [1.82, 2.24) is 19.6 Å². The number of rotatable bonds is 5. The molecule has 21 heavy (non-hydrogen) atoms. The van der Waals surface area contributed by atoms with Gasteiger partial charge in [0.05, 0.1) is 12.8 Å². The maximum Gasteiger partial charge on any atom is 0.211 e. The van der Waals surface area contributed by atoms with Crippen molar-refractivity contribution in [3.8, 4) is 5.75 Å². The Morgan fingerprint density at radius 3 is 2.81 bits per heavy atom. The number of para-hydroxylation sites is 2. The molecule has 0 radical (unpaired) electrons. The smallest absolute Gasteiger partial charge is 0.211 e. The lowest BCUT2D eigenvalue weighted by atomic mass is 10.3. The van der Waals surface area contributed by atoms with Gasteiger partial charge in [-0.15, -0.1) is 10.2 Å². The van der Waals surface area contributed by atoms with Crippen LogP contribution in [-0.4, -0.2) is 26.7 Å². The van der Waals surface area contributed by atoms with E-state index in [2.05, 4.69) is 24.9 Å². The molecule has 0 aliphatic rings. The van der Waals surface area contributed by atoms with Gasteiger partial charge in [0.2, 0.25) is 5.13 Å². The average molecular weight is 337 g/mol. The quantitative estimate of drug-likeness (QED) is 0.762. The predicted molar refractivity (Wildman–Crippen MR) is 85.0 cm³/mol. The molecule has 0 fully saturated rings. The van der Waals surface area contributed by atoms with Crippen LogP contribution < -0.4 is 10.1 Å². The number of methoxy groups -OCH3 is 1. The molecule has 0 atom stereocenters. The highest BCUT2D eigenvalue weighted by molar-refractivity contribution is 8.02. The zero-order chi connectivity index (χ0) is 14.7. The molecular weight excluding hydrogens is 326 g/mol. The van der Waals surface area contributed by atoms with Gasteiger partial charge in [0, 0.05) is 0 Å². The van der Waals surface area contributed by atoms with Gasteiger partial charge in [-0.2, -0.15) is 4.37 Å². The fourth-order valence-corrected chi connectivity index (χ4v) is 4.18. The maximum atomic E-state index is 5.29. The Balaban J connectivity index is 1.73. The lowest BCUT2D eigenvalue weighted by Crippen LogP contribution is -1.93. The lowest BCUT2D eigenvalue weighted by Gasteiger charge is -2.07. The second kappa shape index (κ2) is 6.37. The molecule has 3 aromatic rings. The first kappa shape index (κ1) is 14.2. The van der Waals surface area contributed by atoms with Crippen LogP contribution in [0.25, 0.3) is 0 Å². The Morgan fingerprint density at radius 2 is 2.05 bits per heavy atom. The Hall–Kier alpha value is -1.71. The minimum atomic E-state index is 0.711. The minimum Gasteiger partial charge on any atom is -0.495 e. The highest BCUT2D eigenvalue weighted by Gasteiger charge is 2.10. The molecule has 0 aliphatic carbocycles. The third-order valence-corrected chi connectivity index (χ3v) is 5.17. The van der Waals surface area contributed by atoms with Crippen LogP contribution >= 0.6 is 34.6 Å². The molecule has 0 aliphatic heterocycles. The third-order valence-electron chi connectivity index (χ3n) is 2.44. The van der Waals surface area contributed by atoms with Gasteiger partial charge < -0.3 is 10.1 Å². The number of nitrogens with zero attached hydrogens (tertiary/aromatic N) is 4. The molecular formula is C12H11N5OS3. The van der Waals surface area contributed by atoms with Crippen molar-refractivity contribution in [1.29, 1.82) is 0 Å². The largest absolute Gasteiger partial charge is 0.495 e. The summed E-state index contributed by atoms with van der Waals surface area (Å²) in [5, 5.41) is 12.2. The topological polar surface area (TPSA) is 72.8 Å². The second-order valence-corrected chi connectivity index (χ2v) is 7.13. The third kappa shape index (κ3) is 3.49. The molecule has 1 N–H and O–H groups in total. The fourth-order valence-electron chi connectivity index (χ4n) is 1.56. The first-order chi connectivity index (χ1) is 10.2. The summed E-state index contributed by atoms with van der Waals surface area (Å²) < 4.78 is 11.1. The molecule has 108 valence electrons. The predicted octanol–water partition coefficient (Wildman–Crippen LogP) is 3.60. The monoisotopic (exact) mass is 337 g/mol. The standard InChI is InChI=1S/C12H11N5OS3/c1-7-13-11(21-17-7)20-12-16-15-10(19-12)14-8-5-3-4-6-9(8)18-2/h3-6H,1-2H3,(H,14,15). The molecule has 6 nitrogen and oxygen atoms in total. The van der Waals surface area contributed by atoms with Gasteiger partial charge in [0.15, 0.2) is 8.68 Å². The van der Waals surface area contributed by atoms with Crippen molar-refractivity contribution in [3.63, 3.8) is 0 Å². The number of aryl methyl sites for hydroxylation is 1. The van der Waals surface area contributed by atoms with Gasteiger partial charge in [-0.1, -0.05) is 23.5 Å². The van der Waals surface area contributed by atoms with Gasteiger partial charge >= 0.3 is 0 Å². The molecule has 2 heterocycles. The van der Waals surface area contributed by atoms with E-state index < -0.39 is 0 Å². The number of ether oxygens (including phenoxy) is 1. The Labute approximate surface area is 133 Å².